The van der Waals surface area contributed by atoms with Gasteiger partial charge in [-0.2, -0.15) is 0 Å². The topological polar surface area (TPSA) is 226 Å². The van der Waals surface area contributed by atoms with E-state index in [0.29, 0.717) is 30.9 Å². The summed E-state index contributed by atoms with van der Waals surface area (Å²) in [4.78, 5) is 38.1. The van der Waals surface area contributed by atoms with Crippen LogP contribution < -0.4 is 9.47 Å². The number of cyclic esters (lactones) is 2. The highest BCUT2D eigenvalue weighted by atomic mass is 16.8. The first-order valence-corrected chi connectivity index (χ1v) is 23.2. The quantitative estimate of drug-likeness (QED) is 0.149. The first-order chi connectivity index (χ1) is 32.0. The third kappa shape index (κ3) is 14.8. The minimum atomic E-state index is -1.61. The van der Waals surface area contributed by atoms with Crippen LogP contribution >= 0.6 is 0 Å². The van der Waals surface area contributed by atoms with Crippen molar-refractivity contribution in [3.05, 3.63) is 88.5 Å². The molecule has 2 fully saturated rings. The third-order valence-corrected chi connectivity index (χ3v) is 12.1. The Labute approximate surface area is 399 Å². The number of benzene rings is 2. The van der Waals surface area contributed by atoms with Crippen molar-refractivity contribution in [3.63, 3.8) is 0 Å². The van der Waals surface area contributed by atoms with Crippen LogP contribution in [0, 0.1) is 24.7 Å². The predicted octanol–water partition coefficient (Wildman–Crippen LogP) is 6.41. The molecule has 2 saturated heterocycles. The molecule has 2 aromatic carbocycles. The Morgan fingerprint density at radius 2 is 1.31 bits per heavy atom. The summed E-state index contributed by atoms with van der Waals surface area (Å²) in [6.45, 7) is 19.1. The van der Waals surface area contributed by atoms with Crippen LogP contribution in [0.15, 0.2) is 60.7 Å². The molecule has 0 aromatic heterocycles. The van der Waals surface area contributed by atoms with E-state index in [4.69, 9.17) is 43.0 Å². The number of carbonyl (C=O) groups is 3. The molecule has 0 amide bonds. The molecule has 0 aliphatic carbocycles. The molecule has 0 saturated carbocycles. The van der Waals surface area contributed by atoms with Gasteiger partial charge in [-0.05, 0) is 102 Å². The van der Waals surface area contributed by atoms with E-state index in [2.05, 4.69) is 26.0 Å². The van der Waals surface area contributed by atoms with Gasteiger partial charge in [0.25, 0.3) is 0 Å². The van der Waals surface area contributed by atoms with Crippen LogP contribution in [-0.4, -0.2) is 130 Å². The molecule has 0 bridgehead atoms. The number of hydrogen-bond donors (Lipinski definition) is 5. The zero-order valence-electron chi connectivity index (χ0n) is 40.7. The average molecular weight is 951 g/mol. The molecule has 0 radical (unpaired) electrons. The van der Waals surface area contributed by atoms with Gasteiger partial charge in [-0.1, -0.05) is 63.3 Å². The summed E-state index contributed by atoms with van der Waals surface area (Å²) in [6, 6.07) is 6.37. The number of phenolic OH excluding ortho intramolecular Hbond substituents is 1. The van der Waals surface area contributed by atoms with Gasteiger partial charge in [0.2, 0.25) is 0 Å². The first-order valence-electron chi connectivity index (χ1n) is 23.2. The fraction of sp³-hybridized carbons (Fsp3) is 0.558. The lowest BCUT2D eigenvalue weighted by Gasteiger charge is -2.23. The molecule has 4 heterocycles. The van der Waals surface area contributed by atoms with Crippen molar-refractivity contribution in [1.82, 2.24) is 0 Å². The van der Waals surface area contributed by atoms with Crippen molar-refractivity contribution in [2.75, 3.05) is 26.4 Å². The lowest BCUT2D eigenvalue weighted by atomic mass is 9.94. The molecule has 68 heavy (non-hydrogen) atoms. The van der Waals surface area contributed by atoms with E-state index >= 15 is 0 Å². The fourth-order valence-corrected chi connectivity index (χ4v) is 7.87. The van der Waals surface area contributed by atoms with Crippen molar-refractivity contribution < 1.29 is 77.8 Å². The molecular weight excluding hydrogens is 881 g/mol. The second-order valence-corrected chi connectivity index (χ2v) is 18.9. The van der Waals surface area contributed by atoms with Gasteiger partial charge in [0.1, 0.15) is 66.5 Å². The van der Waals surface area contributed by atoms with Gasteiger partial charge in [-0.3, -0.25) is 4.79 Å². The zero-order chi connectivity index (χ0) is 50.1. The Balaban J connectivity index is 0.000000259. The van der Waals surface area contributed by atoms with Gasteiger partial charge in [0.05, 0.1) is 37.1 Å². The summed E-state index contributed by atoms with van der Waals surface area (Å²) >= 11 is 0. The van der Waals surface area contributed by atoms with Crippen LogP contribution in [0.2, 0.25) is 0 Å². The number of rotatable bonds is 7. The molecule has 16 nitrogen and oxygen atoms in total. The number of ketones is 1. The zero-order valence-corrected chi connectivity index (χ0v) is 40.7. The highest BCUT2D eigenvalue weighted by molar-refractivity contribution is 5.97. The Morgan fingerprint density at radius 3 is 1.94 bits per heavy atom. The normalized spacial score (nSPS) is 31.9. The number of aliphatic hydroxyl groups is 4. The summed E-state index contributed by atoms with van der Waals surface area (Å²) in [5.74, 6) is -2.87. The summed E-state index contributed by atoms with van der Waals surface area (Å²) in [5.41, 5.74) is 2.16. The van der Waals surface area contributed by atoms with E-state index in [9.17, 15) is 34.8 Å². The second-order valence-electron chi connectivity index (χ2n) is 18.9. The standard InChI is InChI=1S/C30H42O7.C22H28O9/c1-18-12-13-19(2)27-25(36-30(7,8)37-27)11-9-10-22-15-23(32-16-24-17-33-29(5,6)35-24)14-20(3)26(22)28(31)34-21(18)4;1-12-6-7-18(26)21(28)17(25)5-3-4-14-8-16(30-11-15(24)10-23)9-19(27)20(14)22(29)31-13(12)2/h9-10,12-15,18-19,21,24-25,27H,11,16-17H2,1-8H3;3-4,6-9,12-13,15,17,21,23-25,27-28H,5,10-11H2,1-2H3/b10-9+,13-12-;4-3+,7-6-/t18-,19?,21+,24?,25+,27?;12-,13+,15?,17+,21?/m11/s1. The molecule has 4 aliphatic rings. The van der Waals surface area contributed by atoms with Crippen LogP contribution in [0.1, 0.15) is 113 Å². The maximum Gasteiger partial charge on any atom is 0.342 e. The monoisotopic (exact) mass is 950 g/mol. The molecule has 16 heteroatoms. The van der Waals surface area contributed by atoms with Crippen molar-refractivity contribution in [2.24, 2.45) is 17.8 Å². The van der Waals surface area contributed by atoms with Gasteiger partial charge in [-0.15, -0.1) is 0 Å². The van der Waals surface area contributed by atoms with E-state index in [1.165, 1.54) is 30.4 Å². The Bertz CT molecular complexity index is 2190. The largest absolute Gasteiger partial charge is 0.507 e. The first kappa shape index (κ1) is 54.0. The van der Waals surface area contributed by atoms with Crippen molar-refractivity contribution in [3.8, 4) is 17.2 Å². The summed E-state index contributed by atoms with van der Waals surface area (Å²) in [6.07, 6.45) is 8.91. The molecule has 6 rings (SSSR count). The number of hydrogen-bond acceptors (Lipinski definition) is 16. The number of aliphatic hydroxyl groups excluding tert-OH is 4. The summed E-state index contributed by atoms with van der Waals surface area (Å²) in [5, 5.41) is 48.9. The summed E-state index contributed by atoms with van der Waals surface area (Å²) < 4.78 is 46.8. The van der Waals surface area contributed by atoms with Crippen molar-refractivity contribution in [2.45, 2.75) is 142 Å². The number of phenols is 1. The van der Waals surface area contributed by atoms with Crippen LogP contribution in [0.25, 0.3) is 12.2 Å². The number of esters is 2. The Morgan fingerprint density at radius 1 is 0.721 bits per heavy atom. The molecule has 5 N–H and O–H groups in total. The fourth-order valence-electron chi connectivity index (χ4n) is 7.87. The third-order valence-electron chi connectivity index (χ3n) is 12.1. The number of carbonyl (C=O) groups excluding carboxylic acids is 3. The smallest absolute Gasteiger partial charge is 0.342 e. The molecule has 374 valence electrons. The molecule has 0 spiro atoms. The molecule has 5 unspecified atom stereocenters. The second kappa shape index (κ2) is 23.6. The molecule has 4 aliphatic heterocycles. The van der Waals surface area contributed by atoms with E-state index in [1.54, 1.807) is 13.8 Å². The highest BCUT2D eigenvalue weighted by Gasteiger charge is 2.43. The average Bonchev–Trinajstić information content (AvgIpc) is 3.79. The van der Waals surface area contributed by atoms with E-state index < -0.39 is 60.1 Å². The lowest BCUT2D eigenvalue weighted by Crippen LogP contribution is -2.32. The van der Waals surface area contributed by atoms with Crippen LogP contribution in [-0.2, 0) is 33.2 Å². The van der Waals surface area contributed by atoms with Crippen LogP contribution in [0.4, 0.5) is 0 Å². The Hall–Kier alpha value is -4.91. The number of ether oxygens (including phenoxy) is 8. The van der Waals surface area contributed by atoms with Crippen LogP contribution in [0.3, 0.4) is 0 Å². The number of aryl methyl sites for hydroxylation is 1. The van der Waals surface area contributed by atoms with Gasteiger partial charge >= 0.3 is 11.9 Å². The number of aromatic hydroxyl groups is 1. The van der Waals surface area contributed by atoms with Gasteiger partial charge in [0, 0.05) is 23.8 Å². The van der Waals surface area contributed by atoms with Gasteiger partial charge in [0.15, 0.2) is 17.4 Å². The lowest BCUT2D eigenvalue weighted by molar-refractivity contribution is -0.148. The minimum Gasteiger partial charge on any atom is -0.507 e. The predicted molar refractivity (Wildman–Crippen MR) is 252 cm³/mol. The maximum atomic E-state index is 13.3. The number of fused-ring (bicyclic) bond motifs is 3. The molecular formula is C52H70O16. The van der Waals surface area contributed by atoms with Crippen molar-refractivity contribution >= 4 is 29.9 Å². The van der Waals surface area contributed by atoms with Crippen molar-refractivity contribution in [1.29, 1.82) is 0 Å². The maximum absolute atomic E-state index is 13.3. The van der Waals surface area contributed by atoms with E-state index in [0.717, 1.165) is 17.2 Å². The molecule has 2 aromatic rings. The van der Waals surface area contributed by atoms with E-state index in [1.807, 2.05) is 65.8 Å². The SMILES string of the molecule is C[C@@H]1/C=C\C(=O)C(O)[C@@H](O)C/C=C/c2cc(OCC(O)CO)cc(O)c2C(=O)O[C@H]1C.Cc1cc(OCC2COC(C)(C)O2)cc2c1C(=O)O[C@@H](C)[C@H](C)/C=C\C(C)C1OC(C)(C)O[C@H]1C/C=C/2. The summed E-state index contributed by atoms with van der Waals surface area (Å²) in [7, 11) is 0. The van der Waals surface area contributed by atoms with Gasteiger partial charge < -0.3 is 63.4 Å². The Kier molecular flexibility index (Phi) is 18.8. The highest BCUT2D eigenvalue weighted by Crippen LogP contribution is 2.36. The molecule has 11 atom stereocenters. The van der Waals surface area contributed by atoms with Crippen LogP contribution in [0.5, 0.6) is 17.2 Å². The van der Waals surface area contributed by atoms with E-state index in [-0.39, 0.29) is 78.0 Å². The minimum absolute atomic E-state index is 0.0444. The van der Waals surface area contributed by atoms with Gasteiger partial charge in [-0.25, -0.2) is 9.59 Å².